The van der Waals surface area contributed by atoms with Crippen LogP contribution in [0.2, 0.25) is 0 Å². The summed E-state index contributed by atoms with van der Waals surface area (Å²) in [6.07, 6.45) is 0.741. The minimum absolute atomic E-state index is 0.00263. The maximum Gasteiger partial charge on any atom is 0.269 e. The van der Waals surface area contributed by atoms with Gasteiger partial charge < -0.3 is 4.90 Å². The molecule has 0 aliphatic carbocycles. The first kappa shape index (κ1) is 12.8. The van der Waals surface area contributed by atoms with E-state index in [1.165, 1.54) is 17.4 Å². The molecule has 1 aliphatic heterocycles. The molecule has 102 valence electrons. The molecular formula is C14H12N2O3S. The van der Waals surface area contributed by atoms with Crippen LogP contribution in [-0.2, 0) is 13.0 Å². The van der Waals surface area contributed by atoms with E-state index >= 15 is 0 Å². The molecule has 0 saturated carbocycles. The van der Waals surface area contributed by atoms with Crippen LogP contribution in [0.15, 0.2) is 35.7 Å². The van der Waals surface area contributed by atoms with Gasteiger partial charge in [-0.2, -0.15) is 0 Å². The highest BCUT2D eigenvalue weighted by Gasteiger charge is 2.23. The molecule has 6 heteroatoms. The van der Waals surface area contributed by atoms with Gasteiger partial charge in [0.05, 0.1) is 9.80 Å². The Balaban J connectivity index is 1.85. The van der Waals surface area contributed by atoms with Gasteiger partial charge in [0, 0.05) is 25.2 Å². The lowest BCUT2D eigenvalue weighted by Crippen LogP contribution is -2.35. The lowest BCUT2D eigenvalue weighted by atomic mass is 9.99. The number of carbonyl (C=O) groups is 1. The van der Waals surface area contributed by atoms with Crippen molar-refractivity contribution in [3.05, 3.63) is 61.8 Å². The molecule has 3 rings (SSSR count). The Hall–Kier alpha value is -2.21. The van der Waals surface area contributed by atoms with Crippen LogP contribution >= 0.6 is 11.3 Å². The molecule has 1 aromatic carbocycles. The summed E-state index contributed by atoms with van der Waals surface area (Å²) in [5.41, 5.74) is 2.04. The van der Waals surface area contributed by atoms with E-state index in [-0.39, 0.29) is 11.6 Å². The van der Waals surface area contributed by atoms with Gasteiger partial charge in [-0.15, -0.1) is 11.3 Å². The van der Waals surface area contributed by atoms with E-state index in [0.29, 0.717) is 18.0 Å². The van der Waals surface area contributed by atoms with Crippen molar-refractivity contribution in [2.45, 2.75) is 13.0 Å². The van der Waals surface area contributed by atoms with E-state index in [9.17, 15) is 14.9 Å². The highest BCUT2D eigenvalue weighted by atomic mass is 32.1. The average molecular weight is 288 g/mol. The van der Waals surface area contributed by atoms with E-state index in [1.807, 2.05) is 11.4 Å². The summed E-state index contributed by atoms with van der Waals surface area (Å²) in [4.78, 5) is 25.2. The van der Waals surface area contributed by atoms with Crippen LogP contribution in [0, 0.1) is 10.1 Å². The van der Waals surface area contributed by atoms with Crippen molar-refractivity contribution in [1.29, 1.82) is 0 Å². The fraction of sp³-hybridized carbons (Fsp3) is 0.214. The number of hydrogen-bond donors (Lipinski definition) is 0. The highest BCUT2D eigenvalue weighted by Crippen LogP contribution is 2.25. The summed E-state index contributed by atoms with van der Waals surface area (Å²) in [5, 5.41) is 12.7. The number of nitro groups is 1. The molecular weight excluding hydrogens is 276 g/mol. The summed E-state index contributed by atoms with van der Waals surface area (Å²) in [5.74, 6) is -0.00263. The van der Waals surface area contributed by atoms with Crippen LogP contribution in [-0.4, -0.2) is 22.3 Å². The molecule has 20 heavy (non-hydrogen) atoms. The molecule has 5 nitrogen and oxygen atoms in total. The third-order valence-corrected chi connectivity index (χ3v) is 4.29. The maximum atomic E-state index is 12.3. The Kier molecular flexibility index (Phi) is 3.23. The van der Waals surface area contributed by atoms with Crippen LogP contribution in [0.25, 0.3) is 0 Å². The average Bonchev–Trinajstić information content (AvgIpc) is 2.99. The number of thiophene rings is 1. The summed E-state index contributed by atoms with van der Waals surface area (Å²) in [6, 6.07) is 8.54. The van der Waals surface area contributed by atoms with Crippen molar-refractivity contribution >= 4 is 22.9 Å². The van der Waals surface area contributed by atoms with Crippen molar-refractivity contribution < 1.29 is 9.72 Å². The molecule has 0 bridgehead atoms. The molecule has 0 unspecified atom stereocenters. The van der Waals surface area contributed by atoms with Gasteiger partial charge in [0.1, 0.15) is 0 Å². The standard InChI is InChI=1S/C14H12N2O3S/c17-14(13-2-1-7-20-13)15-6-5-10-3-4-12(16(18)19)8-11(10)9-15/h1-4,7-8H,5-6,9H2. The number of amides is 1. The number of carbonyl (C=O) groups excluding carboxylic acids is 1. The topological polar surface area (TPSA) is 63.5 Å². The Bertz CT molecular complexity index is 667. The molecule has 0 N–H and O–H groups in total. The Labute approximate surface area is 119 Å². The van der Waals surface area contributed by atoms with Crippen LogP contribution in [0.3, 0.4) is 0 Å². The predicted molar refractivity (Wildman–Crippen MR) is 75.9 cm³/mol. The largest absolute Gasteiger partial charge is 0.333 e. The first-order valence-corrected chi connectivity index (χ1v) is 7.12. The molecule has 1 aliphatic rings. The van der Waals surface area contributed by atoms with Crippen LogP contribution in [0.4, 0.5) is 5.69 Å². The monoisotopic (exact) mass is 288 g/mol. The fourth-order valence-corrected chi connectivity index (χ4v) is 3.08. The van der Waals surface area contributed by atoms with Gasteiger partial charge in [-0.3, -0.25) is 14.9 Å². The van der Waals surface area contributed by atoms with Crippen molar-refractivity contribution in [1.82, 2.24) is 4.90 Å². The van der Waals surface area contributed by atoms with Gasteiger partial charge in [-0.05, 0) is 29.0 Å². The van der Waals surface area contributed by atoms with E-state index in [1.54, 1.807) is 23.1 Å². The third kappa shape index (κ3) is 2.30. The van der Waals surface area contributed by atoms with E-state index in [0.717, 1.165) is 17.5 Å². The third-order valence-electron chi connectivity index (χ3n) is 3.43. The summed E-state index contributed by atoms with van der Waals surface area (Å²) in [6.45, 7) is 1.09. The predicted octanol–water partition coefficient (Wildman–Crippen LogP) is 2.85. The van der Waals surface area contributed by atoms with Gasteiger partial charge in [0.2, 0.25) is 0 Å². The second-order valence-corrected chi connectivity index (χ2v) is 5.61. The van der Waals surface area contributed by atoms with Crippen LogP contribution in [0.1, 0.15) is 20.8 Å². The number of benzene rings is 1. The number of nitrogens with zero attached hydrogens (tertiary/aromatic N) is 2. The molecule has 0 atom stereocenters. The quantitative estimate of drug-likeness (QED) is 0.630. The summed E-state index contributed by atoms with van der Waals surface area (Å²) < 4.78 is 0. The molecule has 1 aromatic heterocycles. The maximum absolute atomic E-state index is 12.3. The summed E-state index contributed by atoms with van der Waals surface area (Å²) in [7, 11) is 0. The van der Waals surface area contributed by atoms with Gasteiger partial charge >= 0.3 is 0 Å². The van der Waals surface area contributed by atoms with Gasteiger partial charge in [0.25, 0.3) is 11.6 Å². The Morgan fingerprint density at radius 1 is 1.30 bits per heavy atom. The van der Waals surface area contributed by atoms with Crippen molar-refractivity contribution in [2.24, 2.45) is 0 Å². The normalized spacial score (nSPS) is 13.9. The molecule has 0 spiro atoms. The minimum Gasteiger partial charge on any atom is -0.333 e. The molecule has 1 amide bonds. The smallest absolute Gasteiger partial charge is 0.269 e. The first-order chi connectivity index (χ1) is 9.65. The van der Waals surface area contributed by atoms with Crippen LogP contribution in [0.5, 0.6) is 0 Å². The van der Waals surface area contributed by atoms with E-state index < -0.39 is 4.92 Å². The number of fused-ring (bicyclic) bond motifs is 1. The molecule has 0 saturated heterocycles. The minimum atomic E-state index is -0.402. The molecule has 0 radical (unpaired) electrons. The Morgan fingerprint density at radius 3 is 2.85 bits per heavy atom. The van der Waals surface area contributed by atoms with E-state index in [2.05, 4.69) is 0 Å². The molecule has 0 fully saturated rings. The van der Waals surface area contributed by atoms with Crippen molar-refractivity contribution in [3.63, 3.8) is 0 Å². The fourth-order valence-electron chi connectivity index (χ4n) is 2.39. The van der Waals surface area contributed by atoms with E-state index in [4.69, 9.17) is 0 Å². The SMILES string of the molecule is O=C(c1cccs1)N1CCc2ccc([N+](=O)[O-])cc2C1. The van der Waals surface area contributed by atoms with Crippen molar-refractivity contribution in [3.8, 4) is 0 Å². The van der Waals surface area contributed by atoms with Crippen molar-refractivity contribution in [2.75, 3.05) is 6.54 Å². The highest BCUT2D eigenvalue weighted by molar-refractivity contribution is 7.12. The van der Waals surface area contributed by atoms with Gasteiger partial charge in [0.15, 0.2) is 0 Å². The second kappa shape index (κ2) is 5.05. The van der Waals surface area contributed by atoms with Gasteiger partial charge in [-0.25, -0.2) is 0 Å². The number of non-ortho nitro benzene ring substituents is 1. The number of rotatable bonds is 2. The number of hydrogen-bond acceptors (Lipinski definition) is 4. The zero-order valence-corrected chi connectivity index (χ0v) is 11.4. The first-order valence-electron chi connectivity index (χ1n) is 6.24. The molecule has 2 heterocycles. The summed E-state index contributed by atoms with van der Waals surface area (Å²) >= 11 is 1.41. The molecule has 2 aromatic rings. The zero-order chi connectivity index (χ0) is 14.1. The number of nitro benzene ring substituents is 1. The Morgan fingerprint density at radius 2 is 2.15 bits per heavy atom. The lowest BCUT2D eigenvalue weighted by Gasteiger charge is -2.28. The lowest BCUT2D eigenvalue weighted by molar-refractivity contribution is -0.385. The van der Waals surface area contributed by atoms with Gasteiger partial charge in [-0.1, -0.05) is 12.1 Å². The van der Waals surface area contributed by atoms with Crippen LogP contribution < -0.4 is 0 Å². The second-order valence-electron chi connectivity index (χ2n) is 4.66. The zero-order valence-electron chi connectivity index (χ0n) is 10.6.